The summed E-state index contributed by atoms with van der Waals surface area (Å²) in [7, 11) is 0. The topological polar surface area (TPSA) is 12.0 Å². The van der Waals surface area contributed by atoms with E-state index in [1.807, 2.05) is 38.1 Å². The molecule has 0 spiro atoms. The number of anilines is 1. The number of nitrogens with one attached hydrogen (secondary N) is 1. The summed E-state index contributed by atoms with van der Waals surface area (Å²) in [6.07, 6.45) is 4.20. The summed E-state index contributed by atoms with van der Waals surface area (Å²) in [5.41, 5.74) is 4.79. The summed E-state index contributed by atoms with van der Waals surface area (Å²) < 4.78 is 0. The molecule has 0 unspecified atom stereocenters. The Labute approximate surface area is 129 Å². The minimum atomic E-state index is 1.10. The minimum absolute atomic E-state index is 1.10. The molecule has 0 radical (unpaired) electrons. The summed E-state index contributed by atoms with van der Waals surface area (Å²) in [6.45, 7) is 8.19. The Morgan fingerprint density at radius 3 is 1.90 bits per heavy atom. The second-order valence-electron chi connectivity index (χ2n) is 4.41. The van der Waals surface area contributed by atoms with E-state index in [1.54, 1.807) is 0 Å². The fourth-order valence-electron chi connectivity index (χ4n) is 1.89. The Hall–Kier alpha value is -2.28. The van der Waals surface area contributed by atoms with E-state index in [9.17, 15) is 0 Å². The maximum absolute atomic E-state index is 3.36. The lowest BCUT2D eigenvalue weighted by molar-refractivity contribution is 1.44. The monoisotopic (exact) mass is 279 g/mol. The Balaban J connectivity index is 0.00000106. The van der Waals surface area contributed by atoms with Gasteiger partial charge in [0.05, 0.1) is 0 Å². The van der Waals surface area contributed by atoms with Crippen LogP contribution >= 0.6 is 0 Å². The van der Waals surface area contributed by atoms with E-state index in [0.29, 0.717) is 0 Å². The van der Waals surface area contributed by atoms with Crippen molar-refractivity contribution in [2.24, 2.45) is 0 Å². The molecule has 0 heterocycles. The third-order valence-corrected chi connectivity index (χ3v) is 3.10. The molecular formula is C20H25N. The molecular weight excluding hydrogens is 254 g/mol. The molecule has 0 aliphatic rings. The van der Waals surface area contributed by atoms with Gasteiger partial charge in [0.15, 0.2) is 0 Å². The third-order valence-electron chi connectivity index (χ3n) is 3.10. The number of benzene rings is 2. The Morgan fingerprint density at radius 1 is 0.857 bits per heavy atom. The van der Waals surface area contributed by atoms with Gasteiger partial charge in [0.1, 0.15) is 0 Å². The van der Waals surface area contributed by atoms with Crippen molar-refractivity contribution in [3.63, 3.8) is 0 Å². The zero-order chi connectivity index (χ0) is 15.5. The number of allylic oxidation sites excluding steroid dienone is 3. The maximum Gasteiger partial charge on any atom is 0.0379 e. The predicted octanol–water partition coefficient (Wildman–Crippen LogP) is 6.13. The zero-order valence-corrected chi connectivity index (χ0v) is 13.4. The van der Waals surface area contributed by atoms with E-state index in [4.69, 9.17) is 0 Å². The molecule has 2 rings (SSSR count). The van der Waals surface area contributed by atoms with Gasteiger partial charge >= 0.3 is 0 Å². The maximum atomic E-state index is 3.36. The average Bonchev–Trinajstić information content (AvgIpc) is 2.58. The molecule has 2 aromatic carbocycles. The van der Waals surface area contributed by atoms with E-state index in [-0.39, 0.29) is 0 Å². The summed E-state index contributed by atoms with van der Waals surface area (Å²) in [5.74, 6) is 0. The normalized spacial score (nSPS) is 11.4. The number of para-hydroxylation sites is 1. The van der Waals surface area contributed by atoms with Crippen molar-refractivity contribution in [1.82, 2.24) is 0 Å². The molecule has 0 saturated carbocycles. The number of hydrogen-bond donors (Lipinski definition) is 1. The summed E-state index contributed by atoms with van der Waals surface area (Å²) in [5, 5.41) is 3.36. The molecule has 1 heteroatoms. The predicted molar refractivity (Wildman–Crippen MR) is 95.3 cm³/mol. The number of rotatable bonds is 4. The first kappa shape index (κ1) is 16.8. The highest BCUT2D eigenvalue weighted by Gasteiger charge is 2.02. The first-order valence-corrected chi connectivity index (χ1v) is 7.51. The lowest BCUT2D eigenvalue weighted by Gasteiger charge is -2.10. The lowest BCUT2D eigenvalue weighted by Crippen LogP contribution is -1.93. The summed E-state index contributed by atoms with van der Waals surface area (Å²) in [4.78, 5) is 0. The Kier molecular flexibility index (Phi) is 7.67. The molecule has 21 heavy (non-hydrogen) atoms. The molecule has 1 N–H and O–H groups in total. The molecule has 0 aromatic heterocycles. The van der Waals surface area contributed by atoms with Crippen LogP contribution < -0.4 is 5.32 Å². The second-order valence-corrected chi connectivity index (χ2v) is 4.41. The van der Waals surface area contributed by atoms with Crippen LogP contribution in [0.2, 0.25) is 0 Å². The van der Waals surface area contributed by atoms with Gasteiger partial charge in [0.2, 0.25) is 0 Å². The molecule has 0 aliphatic heterocycles. The van der Waals surface area contributed by atoms with Crippen molar-refractivity contribution in [1.29, 1.82) is 0 Å². The highest BCUT2D eigenvalue weighted by molar-refractivity contribution is 5.79. The molecule has 0 atom stereocenters. The molecule has 2 aromatic rings. The molecule has 0 fully saturated rings. The van der Waals surface area contributed by atoms with Gasteiger partial charge in [-0.05, 0) is 37.1 Å². The van der Waals surface area contributed by atoms with Crippen LogP contribution in [0.4, 0.5) is 5.69 Å². The van der Waals surface area contributed by atoms with Gasteiger partial charge in [-0.25, -0.2) is 0 Å². The smallest absolute Gasteiger partial charge is 0.0379 e. The second kappa shape index (κ2) is 9.60. The van der Waals surface area contributed by atoms with Gasteiger partial charge in [-0.3, -0.25) is 0 Å². The molecule has 0 bridgehead atoms. The quantitative estimate of drug-likeness (QED) is 0.663. The van der Waals surface area contributed by atoms with Crippen LogP contribution in [-0.2, 0) is 0 Å². The van der Waals surface area contributed by atoms with Crippen LogP contribution in [0, 0.1) is 0 Å². The number of hydrogen-bond acceptors (Lipinski definition) is 1. The molecule has 0 amide bonds. The van der Waals surface area contributed by atoms with Crippen molar-refractivity contribution >= 4 is 11.3 Å². The van der Waals surface area contributed by atoms with Crippen molar-refractivity contribution in [3.8, 4) is 0 Å². The lowest BCUT2D eigenvalue weighted by atomic mass is 10.00. The molecule has 110 valence electrons. The molecule has 0 saturated heterocycles. The van der Waals surface area contributed by atoms with Crippen LogP contribution in [0.15, 0.2) is 78.5 Å². The van der Waals surface area contributed by atoms with E-state index in [2.05, 4.69) is 67.8 Å². The first-order chi connectivity index (χ1) is 10.3. The Morgan fingerprint density at radius 2 is 1.38 bits per heavy atom. The first-order valence-electron chi connectivity index (χ1n) is 7.51. The third kappa shape index (κ3) is 5.31. The van der Waals surface area contributed by atoms with Gasteiger partial charge in [0.25, 0.3) is 0 Å². The highest BCUT2D eigenvalue weighted by atomic mass is 14.8. The van der Waals surface area contributed by atoms with Crippen molar-refractivity contribution < 1.29 is 0 Å². The minimum Gasteiger partial charge on any atom is -0.361 e. The van der Waals surface area contributed by atoms with Crippen LogP contribution in [-0.4, -0.2) is 0 Å². The van der Waals surface area contributed by atoms with Gasteiger partial charge in [0, 0.05) is 17.5 Å². The van der Waals surface area contributed by atoms with E-state index >= 15 is 0 Å². The van der Waals surface area contributed by atoms with Gasteiger partial charge in [-0.15, -0.1) is 0 Å². The highest BCUT2D eigenvalue weighted by Crippen LogP contribution is 2.22. The SMILES string of the molecule is C/C=C(C)\C(=C/Nc1ccccc1)c1ccccc1.CC. The van der Waals surface area contributed by atoms with E-state index in [1.165, 1.54) is 16.7 Å². The average molecular weight is 279 g/mol. The fraction of sp³-hybridized carbons (Fsp3) is 0.200. The summed E-state index contributed by atoms with van der Waals surface area (Å²) >= 11 is 0. The largest absolute Gasteiger partial charge is 0.361 e. The van der Waals surface area contributed by atoms with Crippen LogP contribution in [0.25, 0.3) is 5.57 Å². The van der Waals surface area contributed by atoms with Crippen molar-refractivity contribution in [2.45, 2.75) is 27.7 Å². The van der Waals surface area contributed by atoms with Gasteiger partial charge < -0.3 is 5.32 Å². The van der Waals surface area contributed by atoms with E-state index in [0.717, 1.165) is 5.69 Å². The van der Waals surface area contributed by atoms with Gasteiger partial charge in [-0.1, -0.05) is 68.5 Å². The Bertz CT molecular complexity index is 565. The van der Waals surface area contributed by atoms with Gasteiger partial charge in [-0.2, -0.15) is 0 Å². The zero-order valence-electron chi connectivity index (χ0n) is 13.4. The van der Waals surface area contributed by atoms with Crippen LogP contribution in [0.1, 0.15) is 33.3 Å². The van der Waals surface area contributed by atoms with Crippen LogP contribution in [0.3, 0.4) is 0 Å². The summed E-state index contributed by atoms with van der Waals surface area (Å²) in [6, 6.07) is 20.6. The van der Waals surface area contributed by atoms with Crippen molar-refractivity contribution in [3.05, 3.63) is 84.1 Å². The van der Waals surface area contributed by atoms with Crippen molar-refractivity contribution in [2.75, 3.05) is 5.32 Å². The van der Waals surface area contributed by atoms with E-state index < -0.39 is 0 Å². The standard InChI is InChI=1S/C18H19N.C2H6/c1-3-15(2)18(16-10-6-4-7-11-16)14-19-17-12-8-5-9-13-17;1-2/h3-14,19H,1-2H3;1-2H3/b15-3-,18-14+;. The fourth-order valence-corrected chi connectivity index (χ4v) is 1.89. The molecule has 1 nitrogen and oxygen atoms in total. The van der Waals surface area contributed by atoms with Crippen LogP contribution in [0.5, 0.6) is 0 Å². The molecule has 0 aliphatic carbocycles.